The van der Waals surface area contributed by atoms with E-state index < -0.39 is 11.4 Å². The molecule has 2 aliphatic rings. The molecule has 5 heteroatoms. The Kier molecular flexibility index (Phi) is 2.45. The predicted octanol–water partition coefficient (Wildman–Crippen LogP) is 0.813. The molecule has 0 radical (unpaired) electrons. The minimum atomic E-state index is -1.28. The Morgan fingerprint density at radius 1 is 1.47 bits per heavy atom. The number of carbonyl (C=O) groups is 2. The summed E-state index contributed by atoms with van der Waals surface area (Å²) < 4.78 is 0. The van der Waals surface area contributed by atoms with Crippen molar-refractivity contribution in [2.45, 2.75) is 31.6 Å². The van der Waals surface area contributed by atoms with E-state index in [1.54, 1.807) is 4.90 Å². The molecule has 1 N–H and O–H groups in total. The standard InChI is InChI=1S/C10H15NO3S/c1-10(2,9(13)14)8(12)11-4-7-3-6(11)5-15-7/h6-7H,3-5H2,1-2H3,(H,13,14). The molecule has 0 aromatic rings. The van der Waals surface area contributed by atoms with E-state index in [2.05, 4.69) is 0 Å². The van der Waals surface area contributed by atoms with Crippen LogP contribution in [0.1, 0.15) is 20.3 Å². The predicted molar refractivity (Wildman–Crippen MR) is 57.8 cm³/mol. The highest BCUT2D eigenvalue weighted by Crippen LogP contribution is 2.39. The van der Waals surface area contributed by atoms with Gasteiger partial charge >= 0.3 is 5.97 Å². The molecule has 84 valence electrons. The van der Waals surface area contributed by atoms with Crippen LogP contribution in [0.5, 0.6) is 0 Å². The summed E-state index contributed by atoms with van der Waals surface area (Å²) >= 11 is 1.89. The van der Waals surface area contributed by atoms with Crippen molar-refractivity contribution in [3.8, 4) is 0 Å². The number of carbonyl (C=O) groups excluding carboxylic acids is 1. The van der Waals surface area contributed by atoms with Crippen LogP contribution in [-0.2, 0) is 9.59 Å². The number of hydrogen-bond donors (Lipinski definition) is 1. The average molecular weight is 229 g/mol. The van der Waals surface area contributed by atoms with Gasteiger partial charge in [-0.3, -0.25) is 9.59 Å². The van der Waals surface area contributed by atoms with Gasteiger partial charge in [0.05, 0.1) is 0 Å². The van der Waals surface area contributed by atoms with Gasteiger partial charge in [0.25, 0.3) is 0 Å². The first-order valence-corrected chi connectivity index (χ1v) is 6.14. The zero-order valence-electron chi connectivity index (χ0n) is 8.90. The third-order valence-corrected chi connectivity index (χ3v) is 4.62. The van der Waals surface area contributed by atoms with Crippen LogP contribution in [-0.4, -0.2) is 45.5 Å². The Labute approximate surface area is 93.0 Å². The summed E-state index contributed by atoms with van der Waals surface area (Å²) in [6.07, 6.45) is 1.03. The number of likely N-dealkylation sites (tertiary alicyclic amines) is 1. The minimum Gasteiger partial charge on any atom is -0.480 e. The van der Waals surface area contributed by atoms with Gasteiger partial charge in [0, 0.05) is 23.6 Å². The number of rotatable bonds is 2. The second kappa shape index (κ2) is 3.40. The quantitative estimate of drug-likeness (QED) is 0.712. The maximum atomic E-state index is 12.0. The SMILES string of the molecule is CC(C)(C(=O)O)C(=O)N1CC2CC1CS2. The lowest BCUT2D eigenvalue weighted by Gasteiger charge is -2.32. The first-order valence-electron chi connectivity index (χ1n) is 5.09. The molecule has 0 aliphatic carbocycles. The fraction of sp³-hybridized carbons (Fsp3) is 0.800. The number of thioether (sulfide) groups is 1. The molecule has 1 amide bonds. The molecule has 0 spiro atoms. The van der Waals surface area contributed by atoms with E-state index in [4.69, 9.17) is 5.11 Å². The molecule has 2 rings (SSSR count). The molecule has 2 unspecified atom stereocenters. The van der Waals surface area contributed by atoms with E-state index in [9.17, 15) is 9.59 Å². The molecule has 2 heterocycles. The van der Waals surface area contributed by atoms with Crippen LogP contribution in [0, 0.1) is 5.41 Å². The lowest BCUT2D eigenvalue weighted by atomic mass is 9.91. The lowest BCUT2D eigenvalue weighted by Crippen LogP contribution is -2.49. The summed E-state index contributed by atoms with van der Waals surface area (Å²) in [5, 5.41) is 9.52. The molecular weight excluding hydrogens is 214 g/mol. The second-order valence-electron chi connectivity index (χ2n) is 4.73. The number of amides is 1. The topological polar surface area (TPSA) is 57.6 Å². The monoisotopic (exact) mass is 229 g/mol. The van der Waals surface area contributed by atoms with Crippen molar-refractivity contribution in [1.82, 2.24) is 4.90 Å². The van der Waals surface area contributed by atoms with Crippen molar-refractivity contribution in [3.05, 3.63) is 0 Å². The molecule has 2 aliphatic heterocycles. The van der Waals surface area contributed by atoms with Crippen LogP contribution in [0.2, 0.25) is 0 Å². The molecule has 4 nitrogen and oxygen atoms in total. The highest BCUT2D eigenvalue weighted by atomic mass is 32.2. The Balaban J connectivity index is 2.12. The van der Waals surface area contributed by atoms with Crippen LogP contribution in [0.25, 0.3) is 0 Å². The number of hydrogen-bond acceptors (Lipinski definition) is 3. The van der Waals surface area contributed by atoms with Gasteiger partial charge in [-0.1, -0.05) is 0 Å². The smallest absolute Gasteiger partial charge is 0.318 e. The van der Waals surface area contributed by atoms with Gasteiger partial charge < -0.3 is 10.0 Å². The second-order valence-corrected chi connectivity index (χ2v) is 6.07. The lowest BCUT2D eigenvalue weighted by molar-refractivity contribution is -0.158. The fourth-order valence-electron chi connectivity index (χ4n) is 2.10. The van der Waals surface area contributed by atoms with Crippen LogP contribution < -0.4 is 0 Å². The van der Waals surface area contributed by atoms with Crippen molar-refractivity contribution in [2.75, 3.05) is 12.3 Å². The maximum absolute atomic E-state index is 12.0. The molecule has 0 aromatic heterocycles. The third-order valence-electron chi connectivity index (χ3n) is 3.23. The van der Waals surface area contributed by atoms with E-state index in [-0.39, 0.29) is 11.9 Å². The van der Waals surface area contributed by atoms with Gasteiger partial charge in [-0.25, -0.2) is 0 Å². The molecule has 2 bridgehead atoms. The Morgan fingerprint density at radius 2 is 2.13 bits per heavy atom. The maximum Gasteiger partial charge on any atom is 0.318 e. The fourth-order valence-corrected chi connectivity index (χ4v) is 3.53. The summed E-state index contributed by atoms with van der Waals surface area (Å²) in [6, 6.07) is 0.270. The summed E-state index contributed by atoms with van der Waals surface area (Å²) in [7, 11) is 0. The minimum absolute atomic E-state index is 0.234. The highest BCUT2D eigenvalue weighted by molar-refractivity contribution is 8.00. The number of carboxylic acid groups (broad SMARTS) is 1. The zero-order valence-corrected chi connectivity index (χ0v) is 9.71. The van der Waals surface area contributed by atoms with E-state index in [0.717, 1.165) is 18.7 Å². The van der Waals surface area contributed by atoms with Gasteiger partial charge in [0.2, 0.25) is 5.91 Å². The molecule has 0 aromatic carbocycles. The van der Waals surface area contributed by atoms with Gasteiger partial charge in [0.15, 0.2) is 0 Å². The third kappa shape index (κ3) is 1.62. The normalized spacial score (nSPS) is 29.6. The largest absolute Gasteiger partial charge is 0.480 e. The van der Waals surface area contributed by atoms with Gasteiger partial charge in [-0.2, -0.15) is 11.8 Å². The zero-order chi connectivity index (χ0) is 11.2. The van der Waals surface area contributed by atoms with Crippen molar-refractivity contribution >= 4 is 23.6 Å². The van der Waals surface area contributed by atoms with Gasteiger partial charge in [-0.05, 0) is 20.3 Å². The molecule has 2 atom stereocenters. The molecule has 0 saturated carbocycles. The first kappa shape index (κ1) is 10.8. The number of fused-ring (bicyclic) bond motifs is 2. The van der Waals surface area contributed by atoms with Crippen LogP contribution >= 0.6 is 11.8 Å². The van der Waals surface area contributed by atoms with Crippen LogP contribution in [0.4, 0.5) is 0 Å². The molecule has 2 fully saturated rings. The Bertz CT molecular complexity index is 316. The van der Waals surface area contributed by atoms with Crippen molar-refractivity contribution in [2.24, 2.45) is 5.41 Å². The van der Waals surface area contributed by atoms with E-state index in [1.165, 1.54) is 13.8 Å². The summed E-state index contributed by atoms with van der Waals surface area (Å²) in [5.41, 5.74) is -1.28. The number of nitrogens with zero attached hydrogens (tertiary/aromatic N) is 1. The van der Waals surface area contributed by atoms with E-state index in [1.807, 2.05) is 11.8 Å². The average Bonchev–Trinajstić information content (AvgIpc) is 2.76. The van der Waals surface area contributed by atoms with Gasteiger partial charge in [-0.15, -0.1) is 0 Å². The highest BCUT2D eigenvalue weighted by Gasteiger charge is 2.47. The van der Waals surface area contributed by atoms with E-state index >= 15 is 0 Å². The molecule has 2 saturated heterocycles. The summed E-state index contributed by atoms with van der Waals surface area (Å²) in [4.78, 5) is 24.8. The number of aliphatic carboxylic acids is 1. The number of carboxylic acids is 1. The van der Waals surface area contributed by atoms with E-state index in [0.29, 0.717) is 5.25 Å². The molecular formula is C10H15NO3S. The summed E-state index contributed by atoms with van der Waals surface area (Å²) in [6.45, 7) is 3.69. The first-order chi connectivity index (χ1) is 6.93. The summed E-state index contributed by atoms with van der Waals surface area (Å²) in [5.74, 6) is -0.308. The van der Waals surface area contributed by atoms with Crippen molar-refractivity contribution in [1.29, 1.82) is 0 Å². The molecule has 15 heavy (non-hydrogen) atoms. The van der Waals surface area contributed by atoms with Crippen LogP contribution in [0.15, 0.2) is 0 Å². The Morgan fingerprint density at radius 3 is 2.53 bits per heavy atom. The Hall–Kier alpha value is -0.710. The van der Waals surface area contributed by atoms with Crippen molar-refractivity contribution < 1.29 is 14.7 Å². The van der Waals surface area contributed by atoms with Crippen molar-refractivity contribution in [3.63, 3.8) is 0 Å². The van der Waals surface area contributed by atoms with Crippen LogP contribution in [0.3, 0.4) is 0 Å². The van der Waals surface area contributed by atoms with Gasteiger partial charge in [0.1, 0.15) is 5.41 Å².